The van der Waals surface area contributed by atoms with Crippen LogP contribution in [0.4, 0.5) is 5.69 Å². The summed E-state index contributed by atoms with van der Waals surface area (Å²) in [4.78, 5) is 0.157. The van der Waals surface area contributed by atoms with Crippen LogP contribution in [0.5, 0.6) is 0 Å². The Hall–Kier alpha value is -1.38. The van der Waals surface area contributed by atoms with Gasteiger partial charge in [-0.05, 0) is 34.1 Å². The van der Waals surface area contributed by atoms with Crippen molar-refractivity contribution in [3.63, 3.8) is 0 Å². The molecule has 2 rings (SSSR count). The molecule has 2 aromatic rings. The predicted octanol–water partition coefficient (Wildman–Crippen LogP) is 1.47. The molecule has 19 heavy (non-hydrogen) atoms. The van der Waals surface area contributed by atoms with Gasteiger partial charge in [0.25, 0.3) is 0 Å². The number of anilines is 1. The number of nitrogen functional groups attached to an aromatic ring is 1. The zero-order valence-corrected chi connectivity index (χ0v) is 12.8. The lowest BCUT2D eigenvalue weighted by Gasteiger charge is -2.13. The summed E-state index contributed by atoms with van der Waals surface area (Å²) in [6.45, 7) is 0. The molecule has 0 radical (unpaired) electrons. The molecular formula is C11H13BrN4O2S. The second-order valence-electron chi connectivity index (χ2n) is 4.11. The van der Waals surface area contributed by atoms with E-state index in [0.29, 0.717) is 11.4 Å². The van der Waals surface area contributed by atoms with Gasteiger partial charge in [0.1, 0.15) is 0 Å². The molecule has 1 heterocycles. The van der Waals surface area contributed by atoms with E-state index in [2.05, 4.69) is 21.0 Å². The minimum absolute atomic E-state index is 0.157. The van der Waals surface area contributed by atoms with Crippen LogP contribution in [-0.4, -0.2) is 36.6 Å². The molecule has 0 amide bonds. The summed E-state index contributed by atoms with van der Waals surface area (Å²) in [6.07, 6.45) is 3.37. The van der Waals surface area contributed by atoms with Gasteiger partial charge in [-0.2, -0.15) is 5.10 Å². The highest BCUT2D eigenvalue weighted by Crippen LogP contribution is 2.23. The Morgan fingerprint density at radius 2 is 2.05 bits per heavy atom. The molecule has 0 aliphatic rings. The molecule has 0 atom stereocenters. The molecule has 0 unspecified atom stereocenters. The van der Waals surface area contributed by atoms with Crippen LogP contribution in [0, 0.1) is 0 Å². The van der Waals surface area contributed by atoms with E-state index in [1.54, 1.807) is 23.1 Å². The largest absolute Gasteiger partial charge is 0.397 e. The third-order valence-corrected chi connectivity index (χ3v) is 4.80. The fourth-order valence-corrected chi connectivity index (χ4v) is 2.77. The van der Waals surface area contributed by atoms with Crippen LogP contribution in [-0.2, 0) is 10.0 Å². The number of hydrogen-bond acceptors (Lipinski definition) is 4. The Morgan fingerprint density at radius 3 is 2.53 bits per heavy atom. The topological polar surface area (TPSA) is 81.2 Å². The lowest BCUT2D eigenvalue weighted by Crippen LogP contribution is -2.22. The molecule has 102 valence electrons. The predicted molar refractivity (Wildman–Crippen MR) is 76.5 cm³/mol. The summed E-state index contributed by atoms with van der Waals surface area (Å²) in [6, 6.07) is 4.57. The van der Waals surface area contributed by atoms with E-state index in [1.165, 1.54) is 26.2 Å². The van der Waals surface area contributed by atoms with Crippen molar-refractivity contribution in [2.75, 3.05) is 19.8 Å². The summed E-state index contributed by atoms with van der Waals surface area (Å²) in [7, 11) is -0.526. The summed E-state index contributed by atoms with van der Waals surface area (Å²) in [5.41, 5.74) is 6.87. The number of rotatable bonds is 3. The Labute approximate surface area is 120 Å². The van der Waals surface area contributed by atoms with Gasteiger partial charge in [-0.3, -0.25) is 0 Å². The molecule has 0 aliphatic carbocycles. The smallest absolute Gasteiger partial charge is 0.242 e. The molecule has 0 saturated carbocycles. The lowest BCUT2D eigenvalue weighted by molar-refractivity contribution is 0.521. The third-order valence-electron chi connectivity index (χ3n) is 2.58. The van der Waals surface area contributed by atoms with Crippen molar-refractivity contribution in [2.24, 2.45) is 0 Å². The maximum Gasteiger partial charge on any atom is 0.242 e. The Balaban J connectivity index is 2.49. The van der Waals surface area contributed by atoms with Gasteiger partial charge >= 0.3 is 0 Å². The van der Waals surface area contributed by atoms with Gasteiger partial charge in [0, 0.05) is 20.3 Å². The number of aromatic nitrogens is 2. The molecule has 0 bridgehead atoms. The molecule has 1 aromatic heterocycles. The maximum absolute atomic E-state index is 12.0. The number of nitrogens with two attached hydrogens (primary N) is 1. The van der Waals surface area contributed by atoms with E-state index >= 15 is 0 Å². The molecular weight excluding hydrogens is 332 g/mol. The molecule has 0 fully saturated rings. The number of sulfonamides is 1. The standard InChI is InChI=1S/C11H13BrN4O2S/c1-15(2)19(17,18)9-3-4-11(10(13)5-9)16-7-8(12)6-14-16/h3-7H,13H2,1-2H3. The minimum Gasteiger partial charge on any atom is -0.397 e. The highest BCUT2D eigenvalue weighted by atomic mass is 79.9. The fraction of sp³-hybridized carbons (Fsp3) is 0.182. The van der Waals surface area contributed by atoms with Crippen LogP contribution in [0.3, 0.4) is 0 Å². The second kappa shape index (κ2) is 4.95. The van der Waals surface area contributed by atoms with E-state index in [-0.39, 0.29) is 4.90 Å². The van der Waals surface area contributed by atoms with Crippen LogP contribution in [0.25, 0.3) is 5.69 Å². The van der Waals surface area contributed by atoms with Crippen molar-refractivity contribution in [1.82, 2.24) is 14.1 Å². The first-order valence-electron chi connectivity index (χ1n) is 5.35. The van der Waals surface area contributed by atoms with Gasteiger partial charge in [0.2, 0.25) is 10.0 Å². The average molecular weight is 345 g/mol. The van der Waals surface area contributed by atoms with E-state index in [0.717, 1.165) is 8.78 Å². The van der Waals surface area contributed by atoms with Crippen molar-refractivity contribution in [3.8, 4) is 5.69 Å². The van der Waals surface area contributed by atoms with E-state index in [1.807, 2.05) is 0 Å². The second-order valence-corrected chi connectivity index (χ2v) is 7.18. The SMILES string of the molecule is CN(C)S(=O)(=O)c1ccc(-n2cc(Br)cn2)c(N)c1. The summed E-state index contributed by atoms with van der Waals surface area (Å²) >= 11 is 3.29. The number of halogens is 1. The van der Waals surface area contributed by atoms with Gasteiger partial charge in [0.15, 0.2) is 0 Å². The highest BCUT2D eigenvalue weighted by molar-refractivity contribution is 9.10. The van der Waals surface area contributed by atoms with Crippen LogP contribution < -0.4 is 5.73 Å². The van der Waals surface area contributed by atoms with Gasteiger partial charge in [-0.15, -0.1) is 0 Å². The van der Waals surface area contributed by atoms with Crippen molar-refractivity contribution < 1.29 is 8.42 Å². The number of benzene rings is 1. The van der Waals surface area contributed by atoms with Crippen molar-refractivity contribution in [1.29, 1.82) is 0 Å². The van der Waals surface area contributed by atoms with Crippen LogP contribution in [0.2, 0.25) is 0 Å². The molecule has 1 aromatic carbocycles. The van der Waals surface area contributed by atoms with Crippen molar-refractivity contribution in [2.45, 2.75) is 4.90 Å². The minimum atomic E-state index is -3.48. The monoisotopic (exact) mass is 344 g/mol. The first-order valence-corrected chi connectivity index (χ1v) is 7.58. The Morgan fingerprint density at radius 1 is 1.37 bits per heavy atom. The maximum atomic E-state index is 12.0. The third kappa shape index (κ3) is 2.65. The van der Waals surface area contributed by atoms with Crippen LogP contribution in [0.15, 0.2) is 40.0 Å². The fourth-order valence-electron chi connectivity index (χ4n) is 1.55. The van der Waals surface area contributed by atoms with Gasteiger partial charge < -0.3 is 5.73 Å². The molecule has 6 nitrogen and oxygen atoms in total. The van der Waals surface area contributed by atoms with E-state index in [9.17, 15) is 8.42 Å². The first-order chi connectivity index (χ1) is 8.82. The number of hydrogen-bond donors (Lipinski definition) is 1. The van der Waals surface area contributed by atoms with Gasteiger partial charge in [0.05, 0.1) is 26.9 Å². The quantitative estimate of drug-likeness (QED) is 0.854. The lowest BCUT2D eigenvalue weighted by atomic mass is 10.3. The average Bonchev–Trinajstić information content (AvgIpc) is 2.75. The molecule has 2 N–H and O–H groups in total. The van der Waals surface area contributed by atoms with E-state index in [4.69, 9.17) is 5.73 Å². The van der Waals surface area contributed by atoms with Gasteiger partial charge in [-0.25, -0.2) is 17.4 Å². The van der Waals surface area contributed by atoms with Crippen molar-refractivity contribution in [3.05, 3.63) is 35.1 Å². The first kappa shape index (κ1) is 14.0. The Kier molecular flexibility index (Phi) is 3.66. The normalized spacial score (nSPS) is 12.0. The zero-order valence-electron chi connectivity index (χ0n) is 10.4. The number of nitrogens with zero attached hydrogens (tertiary/aromatic N) is 3. The van der Waals surface area contributed by atoms with Crippen molar-refractivity contribution >= 4 is 31.6 Å². The van der Waals surface area contributed by atoms with Crippen LogP contribution >= 0.6 is 15.9 Å². The molecule has 0 saturated heterocycles. The summed E-state index contributed by atoms with van der Waals surface area (Å²) < 4.78 is 27.5. The summed E-state index contributed by atoms with van der Waals surface area (Å²) in [5.74, 6) is 0. The molecule has 8 heteroatoms. The molecule has 0 aliphatic heterocycles. The summed E-state index contributed by atoms with van der Waals surface area (Å²) in [5, 5.41) is 4.10. The zero-order chi connectivity index (χ0) is 14.2. The molecule has 0 spiro atoms. The highest BCUT2D eigenvalue weighted by Gasteiger charge is 2.18. The van der Waals surface area contributed by atoms with E-state index < -0.39 is 10.0 Å². The Bertz CT molecular complexity index is 709. The van der Waals surface area contributed by atoms with Gasteiger partial charge in [-0.1, -0.05) is 0 Å². The van der Waals surface area contributed by atoms with Crippen LogP contribution in [0.1, 0.15) is 0 Å².